The van der Waals surface area contributed by atoms with Crippen molar-refractivity contribution in [2.75, 3.05) is 17.7 Å². The van der Waals surface area contributed by atoms with Crippen LogP contribution in [-0.2, 0) is 9.53 Å². The largest absolute Gasteiger partial charge is 0.491 e. The van der Waals surface area contributed by atoms with Crippen molar-refractivity contribution in [2.24, 2.45) is 5.73 Å². The minimum Gasteiger partial charge on any atom is -0.491 e. The van der Waals surface area contributed by atoms with Gasteiger partial charge in [-0.25, -0.2) is 4.39 Å². The molecule has 0 spiro atoms. The van der Waals surface area contributed by atoms with Gasteiger partial charge in [0.15, 0.2) is 5.76 Å². The molecule has 0 heterocycles. The van der Waals surface area contributed by atoms with Crippen molar-refractivity contribution < 1.29 is 13.9 Å². The summed E-state index contributed by atoms with van der Waals surface area (Å²) in [5.74, 6) is -1.29. The third-order valence-electron chi connectivity index (χ3n) is 3.66. The molecule has 2 aromatic carbocycles. The van der Waals surface area contributed by atoms with Crippen LogP contribution < -0.4 is 16.4 Å². The number of hydrogen-bond acceptors (Lipinski definition) is 6. The highest BCUT2D eigenvalue weighted by Crippen LogP contribution is 2.15. The highest BCUT2D eigenvalue weighted by Gasteiger charge is 2.21. The maximum atomic E-state index is 13.7. The van der Waals surface area contributed by atoms with E-state index in [1.165, 1.54) is 25.4 Å². The molecule has 2 rings (SSSR count). The number of allylic oxidation sites excluding steroid dienone is 2. The second-order valence-electron chi connectivity index (χ2n) is 5.97. The van der Waals surface area contributed by atoms with E-state index >= 15 is 0 Å². The van der Waals surface area contributed by atoms with Crippen molar-refractivity contribution in [1.82, 2.24) is 0 Å². The van der Waals surface area contributed by atoms with E-state index in [4.69, 9.17) is 15.9 Å². The van der Waals surface area contributed by atoms with Crippen LogP contribution in [0.25, 0.3) is 0 Å². The predicted molar refractivity (Wildman–Crippen MR) is 110 cm³/mol. The van der Waals surface area contributed by atoms with Crippen LogP contribution in [0, 0.1) is 11.2 Å². The number of nitrogens with two attached hydrogens (primary N) is 1. The molecular weight excluding hydrogens is 359 g/mol. The van der Waals surface area contributed by atoms with E-state index in [0.29, 0.717) is 5.69 Å². The highest BCUT2D eigenvalue weighted by atomic mass is 19.1. The smallest absolute Gasteiger partial charge is 0.248 e. The molecule has 0 aliphatic heterocycles. The van der Waals surface area contributed by atoms with Gasteiger partial charge in [0, 0.05) is 17.9 Å². The first-order chi connectivity index (χ1) is 13.4. The maximum Gasteiger partial charge on any atom is 0.248 e. The lowest BCUT2D eigenvalue weighted by Gasteiger charge is -2.14. The standard InChI is InChI=1S/C21H23FN4O2/c1-14(23)12-18(26-15-8-4-3-5-9-15)20(24)21(27)19(28-2)13-25-17-11-7-6-10-16(17)22/h3-14,24-26H,23H2,1-2H3/b18-12-,19-13+,24-20?. The first-order valence-electron chi connectivity index (χ1n) is 8.60. The van der Waals surface area contributed by atoms with Crippen molar-refractivity contribution in [2.45, 2.75) is 13.0 Å². The van der Waals surface area contributed by atoms with Crippen LogP contribution in [0.5, 0.6) is 0 Å². The molecule has 0 saturated heterocycles. The van der Waals surface area contributed by atoms with Crippen LogP contribution in [0.2, 0.25) is 0 Å². The number of para-hydroxylation sites is 2. The first-order valence-corrected chi connectivity index (χ1v) is 8.60. The number of ketones is 1. The monoisotopic (exact) mass is 382 g/mol. The topological polar surface area (TPSA) is 100 Å². The lowest BCUT2D eigenvalue weighted by Crippen LogP contribution is -2.25. The molecule has 0 saturated carbocycles. The van der Waals surface area contributed by atoms with Gasteiger partial charge in [-0.05, 0) is 37.3 Å². The molecule has 6 nitrogen and oxygen atoms in total. The number of methoxy groups -OCH3 is 1. The van der Waals surface area contributed by atoms with E-state index in [2.05, 4.69) is 10.6 Å². The van der Waals surface area contributed by atoms with Gasteiger partial charge in [-0.2, -0.15) is 0 Å². The molecule has 2 aromatic rings. The zero-order valence-electron chi connectivity index (χ0n) is 15.7. The summed E-state index contributed by atoms with van der Waals surface area (Å²) in [6.07, 6.45) is 2.80. The third kappa shape index (κ3) is 5.78. The number of Topliss-reactive ketones (excluding diaryl/α,β-unsaturated/α-hetero) is 1. The van der Waals surface area contributed by atoms with Crippen molar-refractivity contribution >= 4 is 22.9 Å². The van der Waals surface area contributed by atoms with Gasteiger partial charge >= 0.3 is 0 Å². The molecule has 28 heavy (non-hydrogen) atoms. The molecule has 0 radical (unpaired) electrons. The van der Waals surface area contributed by atoms with Crippen molar-refractivity contribution in [3.05, 3.63) is 84.1 Å². The van der Waals surface area contributed by atoms with Gasteiger partial charge in [0.2, 0.25) is 5.78 Å². The average molecular weight is 382 g/mol. The highest BCUT2D eigenvalue weighted by molar-refractivity contribution is 6.50. The molecule has 146 valence electrons. The molecule has 0 bridgehead atoms. The zero-order chi connectivity index (χ0) is 20.5. The molecule has 5 N–H and O–H groups in total. The summed E-state index contributed by atoms with van der Waals surface area (Å²) < 4.78 is 18.8. The molecule has 0 amide bonds. The number of carbonyl (C=O) groups excluding carboxylic acids is 1. The summed E-state index contributed by atoms with van der Waals surface area (Å²) >= 11 is 0. The SMILES string of the molecule is CO/C(=C/Nc1ccccc1F)C(=O)C(=N)/C(=C/C(C)N)Nc1ccccc1. The van der Waals surface area contributed by atoms with Crippen molar-refractivity contribution in [1.29, 1.82) is 5.41 Å². The van der Waals surface area contributed by atoms with Crippen molar-refractivity contribution in [3.8, 4) is 0 Å². The van der Waals surface area contributed by atoms with Gasteiger partial charge < -0.3 is 21.1 Å². The zero-order valence-corrected chi connectivity index (χ0v) is 15.7. The lowest BCUT2D eigenvalue weighted by atomic mass is 10.1. The molecule has 7 heteroatoms. The normalized spacial score (nSPS) is 12.9. The average Bonchev–Trinajstić information content (AvgIpc) is 2.69. The van der Waals surface area contributed by atoms with E-state index in [1.54, 1.807) is 37.3 Å². The molecule has 1 unspecified atom stereocenters. The van der Waals surface area contributed by atoms with E-state index in [0.717, 1.165) is 0 Å². The van der Waals surface area contributed by atoms with Gasteiger partial charge in [-0.3, -0.25) is 10.2 Å². The molecular formula is C21H23FN4O2. The fourth-order valence-corrected chi connectivity index (χ4v) is 2.31. The quantitative estimate of drug-likeness (QED) is 0.301. The van der Waals surface area contributed by atoms with Crippen LogP contribution in [-0.4, -0.2) is 24.6 Å². The number of nitrogens with one attached hydrogen (secondary N) is 3. The maximum absolute atomic E-state index is 13.7. The minimum absolute atomic E-state index is 0.140. The number of ether oxygens (including phenoxy) is 1. The van der Waals surface area contributed by atoms with Crippen LogP contribution in [0.1, 0.15) is 6.92 Å². The summed E-state index contributed by atoms with van der Waals surface area (Å²) in [6.45, 7) is 1.73. The number of halogens is 1. The Balaban J connectivity index is 2.23. The fraction of sp³-hybridized carbons (Fsp3) is 0.143. The van der Waals surface area contributed by atoms with E-state index in [9.17, 15) is 9.18 Å². The van der Waals surface area contributed by atoms with Crippen LogP contribution in [0.3, 0.4) is 0 Å². The Hall–Kier alpha value is -3.45. The molecule has 0 aliphatic carbocycles. The fourth-order valence-electron chi connectivity index (χ4n) is 2.31. The summed E-state index contributed by atoms with van der Waals surface area (Å²) in [4.78, 5) is 12.7. The Labute approximate surface area is 163 Å². The van der Waals surface area contributed by atoms with Gasteiger partial charge in [0.25, 0.3) is 0 Å². The van der Waals surface area contributed by atoms with E-state index in [-0.39, 0.29) is 28.9 Å². The minimum atomic E-state index is -0.679. The van der Waals surface area contributed by atoms with Crippen LogP contribution in [0.4, 0.5) is 15.8 Å². The summed E-state index contributed by atoms with van der Waals surface area (Å²) in [7, 11) is 1.31. The molecule has 1 atom stereocenters. The summed E-state index contributed by atoms with van der Waals surface area (Å²) in [5, 5.41) is 14.0. The van der Waals surface area contributed by atoms with Gasteiger partial charge in [0.1, 0.15) is 11.5 Å². The number of hydrogen-bond donors (Lipinski definition) is 4. The van der Waals surface area contributed by atoms with Gasteiger partial charge in [-0.1, -0.05) is 30.3 Å². The second kappa shape index (κ2) is 10.0. The third-order valence-corrected chi connectivity index (χ3v) is 3.66. The van der Waals surface area contributed by atoms with Gasteiger partial charge in [-0.15, -0.1) is 0 Å². The van der Waals surface area contributed by atoms with E-state index in [1.807, 2.05) is 18.2 Å². The van der Waals surface area contributed by atoms with E-state index < -0.39 is 11.6 Å². The Kier molecular flexibility index (Phi) is 7.47. The number of benzene rings is 2. The number of anilines is 2. The van der Waals surface area contributed by atoms with Crippen molar-refractivity contribution in [3.63, 3.8) is 0 Å². The Bertz CT molecular complexity index is 892. The first kappa shape index (κ1) is 20.9. The second-order valence-corrected chi connectivity index (χ2v) is 5.97. The predicted octanol–water partition coefficient (Wildman–Crippen LogP) is 3.66. The Morgan fingerprint density at radius 2 is 1.82 bits per heavy atom. The summed E-state index contributed by atoms with van der Waals surface area (Å²) in [5.41, 5.74) is 6.63. The number of rotatable bonds is 9. The molecule has 0 aromatic heterocycles. The Morgan fingerprint density at radius 3 is 2.43 bits per heavy atom. The van der Waals surface area contributed by atoms with Crippen LogP contribution >= 0.6 is 0 Å². The number of carbonyl (C=O) groups is 1. The lowest BCUT2D eigenvalue weighted by molar-refractivity contribution is -0.112. The molecule has 0 fully saturated rings. The summed E-state index contributed by atoms with van der Waals surface area (Å²) in [6, 6.07) is 14.8. The van der Waals surface area contributed by atoms with Crippen LogP contribution in [0.15, 0.2) is 78.3 Å². The van der Waals surface area contributed by atoms with Gasteiger partial charge in [0.05, 0.1) is 18.5 Å². The molecule has 0 aliphatic rings. The Morgan fingerprint density at radius 1 is 1.18 bits per heavy atom.